The highest BCUT2D eigenvalue weighted by Gasteiger charge is 2.24. The van der Waals surface area contributed by atoms with E-state index >= 15 is 0 Å². The van der Waals surface area contributed by atoms with Gasteiger partial charge in [0.2, 0.25) is 0 Å². The maximum atomic E-state index is 12.9. The summed E-state index contributed by atoms with van der Waals surface area (Å²) in [5, 5.41) is 9.83. The minimum Gasteiger partial charge on any atom is -0.488 e. The van der Waals surface area contributed by atoms with E-state index in [0.29, 0.717) is 5.75 Å². The van der Waals surface area contributed by atoms with Crippen molar-refractivity contribution in [1.29, 1.82) is 0 Å². The van der Waals surface area contributed by atoms with Crippen LogP contribution in [0.5, 0.6) is 5.75 Å². The van der Waals surface area contributed by atoms with Crippen molar-refractivity contribution in [2.75, 3.05) is 0 Å². The number of ketones is 1. The number of ether oxygens (including phenoxy) is 1. The van der Waals surface area contributed by atoms with Crippen molar-refractivity contribution in [2.45, 2.75) is 19.4 Å². The summed E-state index contributed by atoms with van der Waals surface area (Å²) in [5.41, 5.74) is 1.52. The lowest BCUT2D eigenvalue weighted by Gasteiger charge is -2.12. The lowest BCUT2D eigenvalue weighted by Crippen LogP contribution is -2.21. The number of hydrogen-bond donors (Lipinski definition) is 1. The molecule has 0 unspecified atom stereocenters. The van der Waals surface area contributed by atoms with Gasteiger partial charge in [-0.05, 0) is 41.8 Å². The molecule has 1 N–H and O–H groups in total. The van der Waals surface area contributed by atoms with Crippen LogP contribution in [-0.2, 0) is 17.8 Å². The molecule has 1 atom stereocenters. The van der Waals surface area contributed by atoms with E-state index in [1.54, 1.807) is 18.2 Å². The number of Topliss-reactive ketones (excluding diaryl/α,β-unsaturated/α-hetero) is 1. The van der Waals surface area contributed by atoms with Gasteiger partial charge in [0.1, 0.15) is 23.3 Å². The van der Waals surface area contributed by atoms with Crippen molar-refractivity contribution in [3.8, 4) is 5.75 Å². The number of benzene rings is 3. The first kappa shape index (κ1) is 23.4. The van der Waals surface area contributed by atoms with Gasteiger partial charge in [-0.25, -0.2) is 0 Å². The number of carboxylic acid groups (broad SMARTS) is 1. The topological polar surface area (TPSA) is 93.8 Å². The van der Waals surface area contributed by atoms with Crippen LogP contribution < -0.4 is 10.2 Å². The molecule has 0 saturated heterocycles. The van der Waals surface area contributed by atoms with Gasteiger partial charge in [-0.1, -0.05) is 64.5 Å². The molecule has 0 aliphatic rings. The van der Waals surface area contributed by atoms with E-state index in [-0.39, 0.29) is 36.2 Å². The van der Waals surface area contributed by atoms with Gasteiger partial charge >= 0.3 is 5.97 Å². The van der Waals surface area contributed by atoms with Gasteiger partial charge < -0.3 is 14.3 Å². The van der Waals surface area contributed by atoms with E-state index in [1.807, 2.05) is 54.6 Å². The first-order valence-corrected chi connectivity index (χ1v) is 11.4. The predicted octanol–water partition coefficient (Wildman–Crippen LogP) is 5.65. The minimum absolute atomic E-state index is 0.165. The number of rotatable bonds is 9. The number of carbonyl (C=O) groups is 2. The summed E-state index contributed by atoms with van der Waals surface area (Å²) in [4.78, 5) is 37.5. The molecular formula is C27H21BrO6. The third-order valence-corrected chi connectivity index (χ3v) is 5.93. The highest BCUT2D eigenvalue weighted by Crippen LogP contribution is 2.25. The highest BCUT2D eigenvalue weighted by molar-refractivity contribution is 9.10. The Kier molecular flexibility index (Phi) is 7.23. The molecule has 1 heterocycles. The van der Waals surface area contributed by atoms with E-state index < -0.39 is 23.1 Å². The Bertz CT molecular complexity index is 1380. The number of carboxylic acids is 1. The van der Waals surface area contributed by atoms with E-state index in [9.17, 15) is 19.5 Å². The molecular weight excluding hydrogens is 500 g/mol. The zero-order chi connectivity index (χ0) is 24.1. The predicted molar refractivity (Wildman–Crippen MR) is 131 cm³/mol. The standard InChI is InChI=1S/C27H21BrO6/c28-20-11-9-18(10-12-20)16-33-23-7-4-8-24-26(23)22(30)15-25(34-24)21(29)14-19(27(31)32)13-17-5-2-1-3-6-17/h1-12,15,19H,13-14,16H2,(H,31,32)/t19-/m1/s1. The average Bonchev–Trinajstić information content (AvgIpc) is 2.83. The van der Waals surface area contributed by atoms with Gasteiger partial charge in [0, 0.05) is 17.0 Å². The normalized spacial score (nSPS) is 11.8. The van der Waals surface area contributed by atoms with Crippen molar-refractivity contribution in [3.63, 3.8) is 0 Å². The smallest absolute Gasteiger partial charge is 0.307 e. The summed E-state index contributed by atoms with van der Waals surface area (Å²) in [7, 11) is 0. The van der Waals surface area contributed by atoms with Crippen LogP contribution in [0.15, 0.2) is 92.5 Å². The minimum atomic E-state index is -1.08. The molecule has 0 aliphatic heterocycles. The van der Waals surface area contributed by atoms with Crippen molar-refractivity contribution >= 4 is 38.7 Å². The number of aliphatic carboxylic acids is 1. The van der Waals surface area contributed by atoms with Crippen LogP contribution in [0.1, 0.15) is 28.1 Å². The van der Waals surface area contributed by atoms with Crippen LogP contribution in [0.4, 0.5) is 0 Å². The maximum Gasteiger partial charge on any atom is 0.307 e. The second-order valence-electron chi connectivity index (χ2n) is 7.87. The van der Waals surface area contributed by atoms with Gasteiger partial charge in [-0.3, -0.25) is 14.4 Å². The molecule has 6 nitrogen and oxygen atoms in total. The van der Waals surface area contributed by atoms with E-state index in [1.165, 1.54) is 0 Å². The molecule has 0 radical (unpaired) electrons. The number of carbonyl (C=O) groups excluding carboxylic acids is 1. The van der Waals surface area contributed by atoms with E-state index in [0.717, 1.165) is 21.7 Å². The Labute approximate surface area is 203 Å². The van der Waals surface area contributed by atoms with Crippen molar-refractivity contribution in [3.05, 3.63) is 110 Å². The SMILES string of the molecule is O=C(C[C@@H](Cc1ccccc1)C(=O)O)c1cc(=O)c2c(OCc3ccc(Br)cc3)cccc2o1. The molecule has 172 valence electrons. The third kappa shape index (κ3) is 5.61. The van der Waals surface area contributed by atoms with Gasteiger partial charge in [-0.15, -0.1) is 0 Å². The summed E-state index contributed by atoms with van der Waals surface area (Å²) >= 11 is 3.39. The van der Waals surface area contributed by atoms with Crippen LogP contribution in [0, 0.1) is 5.92 Å². The lowest BCUT2D eigenvalue weighted by molar-refractivity contribution is -0.141. The molecule has 0 spiro atoms. The fourth-order valence-corrected chi connectivity index (χ4v) is 3.91. The monoisotopic (exact) mass is 520 g/mol. The van der Waals surface area contributed by atoms with Crippen LogP contribution in [0.3, 0.4) is 0 Å². The van der Waals surface area contributed by atoms with Crippen LogP contribution in [-0.4, -0.2) is 16.9 Å². The lowest BCUT2D eigenvalue weighted by atomic mass is 9.93. The third-order valence-electron chi connectivity index (χ3n) is 5.40. The Morgan fingerprint density at radius 1 is 0.941 bits per heavy atom. The summed E-state index contributed by atoms with van der Waals surface area (Å²) in [6.45, 7) is 0.256. The zero-order valence-electron chi connectivity index (χ0n) is 18.1. The maximum absolute atomic E-state index is 12.9. The van der Waals surface area contributed by atoms with Gasteiger partial charge in [0.25, 0.3) is 0 Å². The summed E-state index contributed by atoms with van der Waals surface area (Å²) in [5.74, 6) is -2.37. The second-order valence-corrected chi connectivity index (χ2v) is 8.79. The van der Waals surface area contributed by atoms with E-state index in [2.05, 4.69) is 15.9 Å². The molecule has 1 aromatic heterocycles. The quantitative estimate of drug-likeness (QED) is 0.286. The molecule has 3 aromatic carbocycles. The molecule has 4 aromatic rings. The van der Waals surface area contributed by atoms with Crippen molar-refractivity contribution in [1.82, 2.24) is 0 Å². The molecule has 34 heavy (non-hydrogen) atoms. The summed E-state index contributed by atoms with van der Waals surface area (Å²) < 4.78 is 12.5. The fourth-order valence-electron chi connectivity index (χ4n) is 3.65. The Balaban J connectivity index is 1.55. The van der Waals surface area contributed by atoms with Gasteiger partial charge in [0.15, 0.2) is 17.0 Å². The average molecular weight is 521 g/mol. The summed E-state index contributed by atoms with van der Waals surface area (Å²) in [6.07, 6.45) is -0.0772. The van der Waals surface area contributed by atoms with Crippen LogP contribution in [0.25, 0.3) is 11.0 Å². The second kappa shape index (κ2) is 10.5. The van der Waals surface area contributed by atoms with Crippen LogP contribution in [0.2, 0.25) is 0 Å². The van der Waals surface area contributed by atoms with Gasteiger partial charge in [-0.2, -0.15) is 0 Å². The van der Waals surface area contributed by atoms with Gasteiger partial charge in [0.05, 0.1) is 5.92 Å². The Morgan fingerprint density at radius 3 is 2.38 bits per heavy atom. The fraction of sp³-hybridized carbons (Fsp3) is 0.148. The Morgan fingerprint density at radius 2 is 1.68 bits per heavy atom. The molecule has 0 fully saturated rings. The van der Waals surface area contributed by atoms with Crippen LogP contribution >= 0.6 is 15.9 Å². The first-order chi connectivity index (χ1) is 16.4. The zero-order valence-corrected chi connectivity index (χ0v) is 19.7. The molecule has 7 heteroatoms. The van der Waals surface area contributed by atoms with E-state index in [4.69, 9.17) is 9.15 Å². The largest absolute Gasteiger partial charge is 0.488 e. The first-order valence-electron chi connectivity index (χ1n) is 10.6. The molecule has 0 amide bonds. The molecule has 0 aliphatic carbocycles. The molecule has 0 bridgehead atoms. The molecule has 4 rings (SSSR count). The van der Waals surface area contributed by atoms with Crippen molar-refractivity contribution < 1.29 is 23.8 Å². The number of halogens is 1. The Hall–Kier alpha value is -3.71. The summed E-state index contributed by atoms with van der Waals surface area (Å²) in [6, 6.07) is 22.7. The number of hydrogen-bond acceptors (Lipinski definition) is 5. The number of fused-ring (bicyclic) bond motifs is 1. The highest BCUT2D eigenvalue weighted by atomic mass is 79.9. The molecule has 0 saturated carbocycles. The van der Waals surface area contributed by atoms with Crippen molar-refractivity contribution in [2.24, 2.45) is 5.92 Å².